The second kappa shape index (κ2) is 6.65. The van der Waals surface area contributed by atoms with E-state index in [0.717, 1.165) is 11.0 Å². The van der Waals surface area contributed by atoms with Crippen LogP contribution in [-0.4, -0.2) is 35.8 Å². The Morgan fingerprint density at radius 1 is 1.33 bits per heavy atom. The molecule has 1 fully saturated rings. The van der Waals surface area contributed by atoms with Crippen LogP contribution in [0.25, 0.3) is 6.08 Å². The maximum Gasteiger partial charge on any atom is 0.492 e. The Bertz CT molecular complexity index is 658. The molecule has 0 aliphatic carbocycles. The molecule has 0 spiro atoms. The number of amides is 1. The molecule has 0 radical (unpaired) electrons. The van der Waals surface area contributed by atoms with Crippen molar-refractivity contribution < 1.29 is 18.5 Å². The van der Waals surface area contributed by atoms with E-state index in [4.69, 9.17) is 9.31 Å². The van der Waals surface area contributed by atoms with Gasteiger partial charge in [-0.05, 0) is 51.7 Å². The largest absolute Gasteiger partial charge is 0.492 e. The smallest absolute Gasteiger partial charge is 0.400 e. The van der Waals surface area contributed by atoms with E-state index < -0.39 is 24.3 Å². The second-order valence-electron chi connectivity index (χ2n) is 7.09. The molecular formula is C17H24BFN2O3. The van der Waals surface area contributed by atoms with Gasteiger partial charge in [0.1, 0.15) is 0 Å². The molecule has 0 bridgehead atoms. The third kappa shape index (κ3) is 4.02. The summed E-state index contributed by atoms with van der Waals surface area (Å²) >= 11 is 0. The van der Waals surface area contributed by atoms with Gasteiger partial charge in [-0.2, -0.15) is 4.39 Å². The van der Waals surface area contributed by atoms with Crippen LogP contribution in [-0.2, 0) is 14.1 Å². The van der Waals surface area contributed by atoms with Crippen molar-refractivity contribution in [3.63, 3.8) is 0 Å². The zero-order chi connectivity index (χ0) is 18.1. The highest BCUT2D eigenvalue weighted by atomic mass is 19.1. The fraction of sp³-hybridized carbons (Fsp3) is 0.529. The number of carbonyl (C=O) groups is 1. The molecule has 130 valence electrons. The number of pyridine rings is 1. The topological polar surface area (TPSA) is 60.5 Å². The molecule has 1 aliphatic rings. The molecular weight excluding hydrogens is 310 g/mol. The molecule has 7 heteroatoms. The van der Waals surface area contributed by atoms with Crippen LogP contribution in [0, 0.1) is 12.9 Å². The molecule has 1 aromatic rings. The molecule has 0 aromatic carbocycles. The van der Waals surface area contributed by atoms with Crippen molar-refractivity contribution in [2.45, 2.75) is 52.7 Å². The van der Waals surface area contributed by atoms with Crippen LogP contribution in [0.2, 0.25) is 0 Å². The third-order valence-electron chi connectivity index (χ3n) is 4.49. The van der Waals surface area contributed by atoms with Gasteiger partial charge in [0, 0.05) is 25.2 Å². The molecule has 1 aliphatic heterocycles. The van der Waals surface area contributed by atoms with Gasteiger partial charge in [-0.25, -0.2) is 4.98 Å². The van der Waals surface area contributed by atoms with Crippen molar-refractivity contribution in [3.05, 3.63) is 34.8 Å². The lowest BCUT2D eigenvalue weighted by molar-refractivity contribution is -0.118. The number of aryl methyl sites for hydroxylation is 1. The Kier molecular flexibility index (Phi) is 5.15. The number of nitrogens with zero attached hydrogens (tertiary/aromatic N) is 1. The lowest BCUT2D eigenvalue weighted by Gasteiger charge is -2.32. The number of aromatic nitrogens is 1. The predicted molar refractivity (Wildman–Crippen MR) is 91.7 cm³/mol. The van der Waals surface area contributed by atoms with Gasteiger partial charge in [-0.15, -0.1) is 0 Å². The zero-order valence-corrected chi connectivity index (χ0v) is 15.1. The summed E-state index contributed by atoms with van der Waals surface area (Å²) in [7, 11) is -0.591. The van der Waals surface area contributed by atoms with Gasteiger partial charge in [0.05, 0.1) is 11.2 Å². The van der Waals surface area contributed by atoms with Gasteiger partial charge in [-0.1, -0.05) is 6.08 Å². The van der Waals surface area contributed by atoms with Crippen LogP contribution in [0.4, 0.5) is 4.39 Å². The summed E-state index contributed by atoms with van der Waals surface area (Å²) in [6, 6.07) is 1.70. The molecule has 2 heterocycles. The first-order chi connectivity index (χ1) is 11.0. The summed E-state index contributed by atoms with van der Waals surface area (Å²) in [6.07, 6.45) is 3.26. The fourth-order valence-corrected chi connectivity index (χ4v) is 2.30. The van der Waals surface area contributed by atoms with Gasteiger partial charge < -0.3 is 14.6 Å². The molecule has 1 saturated heterocycles. The number of halogens is 1. The normalized spacial score (nSPS) is 19.5. The minimum atomic E-state index is -0.591. The van der Waals surface area contributed by atoms with Crippen LogP contribution >= 0.6 is 0 Å². The highest BCUT2D eigenvalue weighted by molar-refractivity contribution is 6.56. The molecule has 24 heavy (non-hydrogen) atoms. The van der Waals surface area contributed by atoms with Crippen molar-refractivity contribution in [3.8, 4) is 0 Å². The van der Waals surface area contributed by atoms with Crippen molar-refractivity contribution in [2.75, 3.05) is 6.54 Å². The van der Waals surface area contributed by atoms with Crippen LogP contribution in [0.15, 0.2) is 17.7 Å². The Labute approximate surface area is 142 Å². The van der Waals surface area contributed by atoms with Crippen molar-refractivity contribution in [1.82, 2.24) is 10.3 Å². The van der Waals surface area contributed by atoms with Crippen LogP contribution in [0.5, 0.6) is 0 Å². The minimum Gasteiger partial charge on any atom is -0.400 e. The van der Waals surface area contributed by atoms with Gasteiger partial charge in [-0.3, -0.25) is 4.79 Å². The second-order valence-corrected chi connectivity index (χ2v) is 7.09. The zero-order valence-electron chi connectivity index (χ0n) is 15.1. The van der Waals surface area contributed by atoms with Crippen molar-refractivity contribution >= 4 is 19.1 Å². The highest BCUT2D eigenvalue weighted by Crippen LogP contribution is 2.38. The van der Waals surface area contributed by atoms with Crippen molar-refractivity contribution in [1.29, 1.82) is 0 Å². The minimum absolute atomic E-state index is 0.147. The SMILES string of the molecule is CC(=O)NCC(=Cc1cnc(F)c(C)c1)B1OC(C)(C)C(C)(C)O1. The summed E-state index contributed by atoms with van der Waals surface area (Å²) in [6.45, 7) is 11.2. The Balaban J connectivity index is 2.33. The van der Waals surface area contributed by atoms with Gasteiger partial charge in [0.25, 0.3) is 0 Å². The first kappa shape index (κ1) is 18.6. The summed E-state index contributed by atoms with van der Waals surface area (Å²) in [5.41, 5.74) is 0.964. The standard InChI is InChI=1S/C17H24BFN2O3/c1-11-7-13(9-21-15(11)19)8-14(10-20-12(2)22)18-23-16(3,4)17(5,6)24-18/h7-9H,10H2,1-6H3,(H,20,22). The number of hydrogen-bond donors (Lipinski definition) is 1. The maximum absolute atomic E-state index is 13.4. The maximum atomic E-state index is 13.4. The lowest BCUT2D eigenvalue weighted by Crippen LogP contribution is -2.41. The average molecular weight is 334 g/mol. The van der Waals surface area contributed by atoms with Crippen LogP contribution in [0.1, 0.15) is 45.7 Å². The Morgan fingerprint density at radius 3 is 2.42 bits per heavy atom. The Morgan fingerprint density at radius 2 is 1.92 bits per heavy atom. The summed E-state index contributed by atoms with van der Waals surface area (Å²) in [5.74, 6) is -0.642. The van der Waals surface area contributed by atoms with Gasteiger partial charge in [0.15, 0.2) is 0 Å². The van der Waals surface area contributed by atoms with Gasteiger partial charge >= 0.3 is 7.12 Å². The van der Waals surface area contributed by atoms with Crippen LogP contribution < -0.4 is 5.32 Å². The molecule has 1 N–H and O–H groups in total. The van der Waals surface area contributed by atoms with E-state index in [9.17, 15) is 9.18 Å². The molecule has 0 saturated carbocycles. The molecule has 0 unspecified atom stereocenters. The molecule has 5 nitrogen and oxygen atoms in total. The first-order valence-corrected chi connectivity index (χ1v) is 7.94. The lowest BCUT2D eigenvalue weighted by atomic mass is 9.77. The summed E-state index contributed by atoms with van der Waals surface area (Å²) < 4.78 is 25.5. The van der Waals surface area contributed by atoms with E-state index in [-0.39, 0.29) is 12.5 Å². The monoisotopic (exact) mass is 334 g/mol. The quantitative estimate of drug-likeness (QED) is 0.679. The number of rotatable bonds is 4. The van der Waals surface area contributed by atoms with E-state index in [0.29, 0.717) is 5.56 Å². The summed E-state index contributed by atoms with van der Waals surface area (Å²) in [5, 5.41) is 2.76. The average Bonchev–Trinajstić information content (AvgIpc) is 2.67. The fourth-order valence-electron chi connectivity index (χ4n) is 2.30. The predicted octanol–water partition coefficient (Wildman–Crippen LogP) is 2.68. The number of carbonyl (C=O) groups excluding carboxylic acids is 1. The number of hydrogen-bond acceptors (Lipinski definition) is 4. The molecule has 0 atom stereocenters. The van der Waals surface area contributed by atoms with Crippen molar-refractivity contribution in [2.24, 2.45) is 0 Å². The molecule has 1 amide bonds. The van der Waals surface area contributed by atoms with E-state index in [1.165, 1.54) is 13.1 Å². The third-order valence-corrected chi connectivity index (χ3v) is 4.49. The van der Waals surface area contributed by atoms with E-state index in [2.05, 4.69) is 10.3 Å². The first-order valence-electron chi connectivity index (χ1n) is 7.94. The molecule has 1 aromatic heterocycles. The van der Waals surface area contributed by atoms with Crippen LogP contribution in [0.3, 0.4) is 0 Å². The van der Waals surface area contributed by atoms with Gasteiger partial charge in [0.2, 0.25) is 11.9 Å². The Hall–Kier alpha value is -1.73. The molecule has 2 rings (SSSR count). The van der Waals surface area contributed by atoms with E-state index in [1.807, 2.05) is 33.8 Å². The van der Waals surface area contributed by atoms with E-state index in [1.54, 1.807) is 13.0 Å². The number of nitrogens with one attached hydrogen (secondary N) is 1. The summed E-state index contributed by atoms with van der Waals surface area (Å²) in [4.78, 5) is 15.0. The van der Waals surface area contributed by atoms with E-state index >= 15 is 0 Å². The highest BCUT2D eigenvalue weighted by Gasteiger charge is 2.52.